The molecule has 0 bridgehead atoms. The molecule has 0 radical (unpaired) electrons. The third-order valence-electron chi connectivity index (χ3n) is 4.16. The summed E-state index contributed by atoms with van der Waals surface area (Å²) < 4.78 is 0.312. The Morgan fingerprint density at radius 1 is 0.778 bits per heavy atom. The first kappa shape index (κ1) is 18.5. The minimum Gasteiger partial charge on any atom is -0.0856 e. The molecule has 1 unspecified atom stereocenters. The van der Waals surface area contributed by atoms with Crippen molar-refractivity contribution in [3.05, 3.63) is 0 Å². The van der Waals surface area contributed by atoms with E-state index in [1.165, 1.54) is 70.6 Å². The molecule has 1 heteroatoms. The van der Waals surface area contributed by atoms with Gasteiger partial charge in [0.05, 0.1) is 0 Å². The van der Waals surface area contributed by atoms with Gasteiger partial charge in [-0.25, -0.2) is 0 Å². The monoisotopic (exact) mass is 318 g/mol. The number of rotatable bonds is 12. The molecule has 110 valence electrons. The summed E-state index contributed by atoms with van der Waals surface area (Å²) in [6.45, 7) is 9.22. The maximum Gasteiger partial charge on any atom is 0.0227 e. The van der Waals surface area contributed by atoms with E-state index < -0.39 is 0 Å². The Hall–Kier alpha value is 0.480. The van der Waals surface area contributed by atoms with Gasteiger partial charge in [0.1, 0.15) is 0 Å². The Balaban J connectivity index is 3.17. The van der Waals surface area contributed by atoms with Crippen LogP contribution in [0.5, 0.6) is 0 Å². The maximum absolute atomic E-state index is 3.77. The quantitative estimate of drug-likeness (QED) is 0.266. The molecule has 0 N–H and O–H groups in total. The lowest BCUT2D eigenvalue weighted by molar-refractivity contribution is 0.413. The van der Waals surface area contributed by atoms with Crippen LogP contribution in [0.2, 0.25) is 0 Å². The van der Waals surface area contributed by atoms with E-state index in [-0.39, 0.29) is 0 Å². The fourth-order valence-corrected chi connectivity index (χ4v) is 2.51. The Morgan fingerprint density at radius 3 is 1.56 bits per heavy atom. The van der Waals surface area contributed by atoms with Crippen LogP contribution in [0.4, 0.5) is 0 Å². The summed E-state index contributed by atoms with van der Waals surface area (Å²) in [7, 11) is 0. The molecule has 0 saturated carbocycles. The van der Waals surface area contributed by atoms with Crippen molar-refractivity contribution in [2.24, 2.45) is 5.92 Å². The molecule has 0 aliphatic rings. The second-order valence-electron chi connectivity index (χ2n) is 6.44. The molecule has 0 rings (SSSR count). The fraction of sp³-hybridized carbons (Fsp3) is 1.00. The van der Waals surface area contributed by atoms with E-state index in [1.807, 2.05) is 0 Å². The van der Waals surface area contributed by atoms with Crippen molar-refractivity contribution in [1.82, 2.24) is 0 Å². The van der Waals surface area contributed by atoms with Gasteiger partial charge in [-0.2, -0.15) is 0 Å². The van der Waals surface area contributed by atoms with E-state index >= 15 is 0 Å². The van der Waals surface area contributed by atoms with E-state index in [1.54, 1.807) is 0 Å². The average molecular weight is 319 g/mol. The van der Waals surface area contributed by atoms with Crippen LogP contribution in [-0.4, -0.2) is 4.32 Å². The highest BCUT2D eigenvalue weighted by molar-refractivity contribution is 9.10. The van der Waals surface area contributed by atoms with Crippen LogP contribution >= 0.6 is 15.9 Å². The van der Waals surface area contributed by atoms with E-state index in [0.29, 0.717) is 4.32 Å². The molecule has 0 aliphatic carbocycles. The highest BCUT2D eigenvalue weighted by Crippen LogP contribution is 2.30. The molecule has 0 saturated heterocycles. The van der Waals surface area contributed by atoms with Gasteiger partial charge in [-0.3, -0.25) is 0 Å². The van der Waals surface area contributed by atoms with Crippen LogP contribution < -0.4 is 0 Å². The van der Waals surface area contributed by atoms with E-state index in [0.717, 1.165) is 5.92 Å². The normalized spacial score (nSPS) is 13.8. The van der Waals surface area contributed by atoms with Crippen molar-refractivity contribution >= 4 is 15.9 Å². The van der Waals surface area contributed by atoms with Gasteiger partial charge in [0.15, 0.2) is 0 Å². The summed E-state index contributed by atoms with van der Waals surface area (Å²) in [5.41, 5.74) is 0. The fourth-order valence-electron chi connectivity index (χ4n) is 2.28. The van der Waals surface area contributed by atoms with Gasteiger partial charge in [0.2, 0.25) is 0 Å². The minimum absolute atomic E-state index is 0.312. The zero-order valence-electron chi connectivity index (χ0n) is 13.2. The third-order valence-corrected chi connectivity index (χ3v) is 4.94. The van der Waals surface area contributed by atoms with Crippen LogP contribution in [0.15, 0.2) is 0 Å². The lowest BCUT2D eigenvalue weighted by Crippen LogP contribution is -2.20. The first-order valence-corrected chi connectivity index (χ1v) is 8.96. The Morgan fingerprint density at radius 2 is 1.17 bits per heavy atom. The van der Waals surface area contributed by atoms with Crippen LogP contribution in [0.1, 0.15) is 98.3 Å². The number of alkyl halides is 1. The summed E-state index contributed by atoms with van der Waals surface area (Å²) in [5, 5.41) is 0. The molecule has 0 aromatic carbocycles. The number of unbranched alkanes of at least 4 members (excludes halogenated alkanes) is 9. The molecule has 0 heterocycles. The van der Waals surface area contributed by atoms with Gasteiger partial charge in [-0.05, 0) is 26.2 Å². The van der Waals surface area contributed by atoms with Crippen LogP contribution in [0, 0.1) is 5.92 Å². The molecule has 18 heavy (non-hydrogen) atoms. The lowest BCUT2D eigenvalue weighted by Gasteiger charge is -2.25. The molecule has 1 atom stereocenters. The van der Waals surface area contributed by atoms with Crippen molar-refractivity contribution in [3.8, 4) is 0 Å². The second kappa shape index (κ2) is 11.3. The SMILES string of the molecule is CCCCCCCCCCCCC(C)C(C)(C)Br. The molecular weight excluding hydrogens is 284 g/mol. The zero-order chi connectivity index (χ0) is 13.9. The molecule has 0 spiro atoms. The highest BCUT2D eigenvalue weighted by Gasteiger charge is 2.20. The molecular formula is C17H35Br. The van der Waals surface area contributed by atoms with Crippen LogP contribution in [0.25, 0.3) is 0 Å². The van der Waals surface area contributed by atoms with E-state index in [4.69, 9.17) is 0 Å². The summed E-state index contributed by atoms with van der Waals surface area (Å²) in [6.07, 6.45) is 15.7. The number of hydrogen-bond acceptors (Lipinski definition) is 0. The van der Waals surface area contributed by atoms with Crippen LogP contribution in [0.3, 0.4) is 0 Å². The first-order valence-electron chi connectivity index (χ1n) is 8.17. The molecule has 0 aromatic heterocycles. The number of hydrogen-bond donors (Lipinski definition) is 0. The molecule has 0 aromatic rings. The lowest BCUT2D eigenvalue weighted by atomic mass is 9.92. The van der Waals surface area contributed by atoms with Crippen molar-refractivity contribution in [3.63, 3.8) is 0 Å². The average Bonchev–Trinajstić information content (AvgIpc) is 2.30. The minimum atomic E-state index is 0.312. The molecule has 0 aliphatic heterocycles. The highest BCUT2D eigenvalue weighted by atomic mass is 79.9. The van der Waals surface area contributed by atoms with Crippen molar-refractivity contribution < 1.29 is 0 Å². The van der Waals surface area contributed by atoms with Gasteiger partial charge in [0.25, 0.3) is 0 Å². The predicted octanol–water partition coefficient (Wildman–Crippen LogP) is 7.11. The second-order valence-corrected chi connectivity index (χ2v) is 8.48. The third kappa shape index (κ3) is 11.6. The zero-order valence-corrected chi connectivity index (χ0v) is 14.8. The summed E-state index contributed by atoms with van der Waals surface area (Å²) in [4.78, 5) is 0. The van der Waals surface area contributed by atoms with Gasteiger partial charge < -0.3 is 0 Å². The van der Waals surface area contributed by atoms with Gasteiger partial charge in [-0.15, -0.1) is 0 Å². The smallest absolute Gasteiger partial charge is 0.0227 e. The largest absolute Gasteiger partial charge is 0.0856 e. The molecule has 0 fully saturated rings. The Labute approximate surface area is 124 Å². The predicted molar refractivity (Wildman–Crippen MR) is 88.6 cm³/mol. The Kier molecular flexibility index (Phi) is 11.6. The summed E-state index contributed by atoms with van der Waals surface area (Å²) in [5.74, 6) is 0.784. The van der Waals surface area contributed by atoms with E-state index in [9.17, 15) is 0 Å². The maximum atomic E-state index is 3.77. The first-order chi connectivity index (χ1) is 8.48. The summed E-state index contributed by atoms with van der Waals surface area (Å²) in [6, 6.07) is 0. The van der Waals surface area contributed by atoms with Crippen molar-refractivity contribution in [2.75, 3.05) is 0 Å². The van der Waals surface area contributed by atoms with Crippen LogP contribution in [-0.2, 0) is 0 Å². The van der Waals surface area contributed by atoms with Gasteiger partial charge in [-0.1, -0.05) is 94.0 Å². The number of halogens is 1. The standard InChI is InChI=1S/C17H35Br/c1-5-6-7-8-9-10-11-12-13-14-15-16(2)17(3,4)18/h16H,5-15H2,1-4H3. The Bertz CT molecular complexity index is 169. The summed E-state index contributed by atoms with van der Waals surface area (Å²) >= 11 is 3.77. The van der Waals surface area contributed by atoms with Gasteiger partial charge in [0, 0.05) is 4.32 Å². The molecule has 0 nitrogen and oxygen atoms in total. The molecule has 0 amide bonds. The van der Waals surface area contributed by atoms with Gasteiger partial charge >= 0.3 is 0 Å². The van der Waals surface area contributed by atoms with Crippen molar-refractivity contribution in [1.29, 1.82) is 0 Å². The van der Waals surface area contributed by atoms with E-state index in [2.05, 4.69) is 43.6 Å². The topological polar surface area (TPSA) is 0 Å². The van der Waals surface area contributed by atoms with Crippen molar-refractivity contribution in [2.45, 2.75) is 103 Å².